The SMILES string of the molecule is CC[C@@]12/C=C\CCCCOC(=O)[C@@H]1[C@H]1C(=O)N(CCO)C3C(=O)N(c4ccc(Cl)cc4)CC=C[C@@]31O2. The molecular weight excluding hydrogens is 484 g/mol. The van der Waals surface area contributed by atoms with Gasteiger partial charge < -0.3 is 24.4 Å². The van der Waals surface area contributed by atoms with Crippen LogP contribution in [0.5, 0.6) is 0 Å². The zero-order valence-corrected chi connectivity index (χ0v) is 21.0. The first-order chi connectivity index (χ1) is 17.4. The van der Waals surface area contributed by atoms with Gasteiger partial charge in [0.1, 0.15) is 23.2 Å². The zero-order chi connectivity index (χ0) is 25.5. The molecule has 2 saturated heterocycles. The summed E-state index contributed by atoms with van der Waals surface area (Å²) in [5.41, 5.74) is -1.83. The molecule has 0 saturated carbocycles. The van der Waals surface area contributed by atoms with Crippen molar-refractivity contribution in [3.8, 4) is 0 Å². The van der Waals surface area contributed by atoms with E-state index in [-0.39, 0.29) is 38.1 Å². The maximum Gasteiger partial charge on any atom is 0.313 e. The molecule has 5 rings (SSSR count). The number of carbonyl (C=O) groups is 3. The highest BCUT2D eigenvalue weighted by molar-refractivity contribution is 6.30. The third-order valence-corrected chi connectivity index (χ3v) is 8.11. The van der Waals surface area contributed by atoms with Crippen molar-refractivity contribution in [1.82, 2.24) is 4.90 Å². The number of ether oxygens (including phenoxy) is 2. The molecule has 0 radical (unpaired) electrons. The van der Waals surface area contributed by atoms with Crippen molar-refractivity contribution in [2.24, 2.45) is 11.8 Å². The fraction of sp³-hybridized carbons (Fsp3) is 0.519. The average molecular weight is 515 g/mol. The quantitative estimate of drug-likeness (QED) is 0.490. The Balaban J connectivity index is 1.65. The van der Waals surface area contributed by atoms with Crippen LogP contribution in [0.4, 0.5) is 5.69 Å². The molecule has 1 aromatic carbocycles. The van der Waals surface area contributed by atoms with Crippen LogP contribution in [0.1, 0.15) is 32.6 Å². The Kier molecular flexibility index (Phi) is 6.70. The molecule has 9 heteroatoms. The number of fused-ring (bicyclic) bond motifs is 2. The molecule has 0 aromatic heterocycles. The Morgan fingerprint density at radius 2 is 1.83 bits per heavy atom. The van der Waals surface area contributed by atoms with Crippen molar-refractivity contribution in [3.63, 3.8) is 0 Å². The van der Waals surface area contributed by atoms with Gasteiger partial charge in [0.2, 0.25) is 5.91 Å². The van der Waals surface area contributed by atoms with E-state index >= 15 is 0 Å². The van der Waals surface area contributed by atoms with Crippen molar-refractivity contribution in [1.29, 1.82) is 0 Å². The minimum absolute atomic E-state index is 0.0458. The highest BCUT2D eigenvalue weighted by Gasteiger charge is 2.75. The van der Waals surface area contributed by atoms with Crippen molar-refractivity contribution in [3.05, 3.63) is 53.6 Å². The van der Waals surface area contributed by atoms with Crippen molar-refractivity contribution in [2.45, 2.75) is 49.9 Å². The molecular formula is C27H31ClN2O6. The Morgan fingerprint density at radius 1 is 1.06 bits per heavy atom. The normalized spacial score (nSPS) is 35.1. The lowest BCUT2D eigenvalue weighted by Crippen LogP contribution is -2.56. The van der Waals surface area contributed by atoms with Gasteiger partial charge in [-0.1, -0.05) is 42.8 Å². The van der Waals surface area contributed by atoms with Gasteiger partial charge in [-0.15, -0.1) is 0 Å². The first kappa shape index (κ1) is 25.0. The largest absolute Gasteiger partial charge is 0.465 e. The third-order valence-electron chi connectivity index (χ3n) is 7.86. The second kappa shape index (κ2) is 9.65. The number of halogens is 1. The molecule has 1 aromatic rings. The van der Waals surface area contributed by atoms with Gasteiger partial charge in [0.15, 0.2) is 0 Å². The van der Waals surface area contributed by atoms with Gasteiger partial charge in [-0.25, -0.2) is 0 Å². The molecule has 1 spiro atoms. The molecule has 0 bridgehead atoms. The van der Waals surface area contributed by atoms with E-state index in [4.69, 9.17) is 21.1 Å². The molecule has 4 aliphatic heterocycles. The predicted molar refractivity (Wildman–Crippen MR) is 133 cm³/mol. The van der Waals surface area contributed by atoms with E-state index < -0.39 is 35.0 Å². The van der Waals surface area contributed by atoms with Crippen LogP contribution in [0.15, 0.2) is 48.6 Å². The standard InChI is InChI=1S/C27H31ClN2O6/c1-2-26-12-5-3-4-6-17-35-25(34)21(26)20-23(32)30(15-16-31)22-24(33)29(14-7-13-27(20,22)36-26)19-10-8-18(28)9-11-19/h5,7-13,20-22,31H,2-4,6,14-17H2,1H3/b12-5-/t20-,21-,22?,26+,27-/m0/s1. The number of cyclic esters (lactones) is 1. The van der Waals surface area contributed by atoms with Crippen molar-refractivity contribution in [2.75, 3.05) is 31.2 Å². The topological polar surface area (TPSA) is 96.4 Å². The van der Waals surface area contributed by atoms with Gasteiger partial charge in [-0.05, 0) is 49.9 Å². The maximum absolute atomic E-state index is 14.2. The van der Waals surface area contributed by atoms with Gasteiger partial charge in [0.05, 0.1) is 19.1 Å². The number of allylic oxidation sites excluding steroid dienone is 1. The first-order valence-corrected chi connectivity index (χ1v) is 13.0. The second-order valence-corrected chi connectivity index (χ2v) is 10.2. The minimum Gasteiger partial charge on any atom is -0.465 e. The van der Waals surface area contributed by atoms with Gasteiger partial charge in [-0.2, -0.15) is 0 Å². The van der Waals surface area contributed by atoms with E-state index in [9.17, 15) is 19.5 Å². The van der Waals surface area contributed by atoms with Crippen LogP contribution >= 0.6 is 11.6 Å². The number of likely N-dealkylation sites (tertiary alicyclic amines) is 1. The molecule has 8 nitrogen and oxygen atoms in total. The van der Waals surface area contributed by atoms with Crippen molar-refractivity contribution < 1.29 is 29.0 Å². The number of amides is 2. The number of nitrogens with zero attached hydrogens (tertiary/aromatic N) is 2. The fourth-order valence-electron chi connectivity index (χ4n) is 6.24. The van der Waals surface area contributed by atoms with Gasteiger partial charge in [-0.3, -0.25) is 14.4 Å². The number of rotatable bonds is 4. The summed E-state index contributed by atoms with van der Waals surface area (Å²) in [5, 5.41) is 10.3. The molecule has 1 N–H and O–H groups in total. The van der Waals surface area contributed by atoms with E-state index in [1.807, 2.05) is 25.2 Å². The molecule has 0 aliphatic carbocycles. The number of benzene rings is 1. The number of carbonyl (C=O) groups excluding carboxylic acids is 3. The molecule has 36 heavy (non-hydrogen) atoms. The van der Waals surface area contributed by atoms with E-state index in [2.05, 4.69) is 0 Å². The Morgan fingerprint density at radius 3 is 2.56 bits per heavy atom. The van der Waals surface area contributed by atoms with E-state index in [0.29, 0.717) is 17.1 Å². The number of hydrogen-bond donors (Lipinski definition) is 1. The van der Waals surface area contributed by atoms with Crippen LogP contribution in [-0.4, -0.2) is 71.3 Å². The van der Waals surface area contributed by atoms with Crippen LogP contribution in [0.2, 0.25) is 5.02 Å². The van der Waals surface area contributed by atoms with E-state index in [1.165, 1.54) is 4.90 Å². The molecule has 2 fully saturated rings. The summed E-state index contributed by atoms with van der Waals surface area (Å²) in [6.45, 7) is 2.09. The monoisotopic (exact) mass is 514 g/mol. The summed E-state index contributed by atoms with van der Waals surface area (Å²) < 4.78 is 12.5. The molecule has 1 unspecified atom stereocenters. The third kappa shape index (κ3) is 3.78. The zero-order valence-electron chi connectivity index (χ0n) is 20.3. The maximum atomic E-state index is 14.2. The van der Waals surface area contributed by atoms with Crippen molar-refractivity contribution >= 4 is 35.1 Å². The van der Waals surface area contributed by atoms with Crippen LogP contribution in [0.25, 0.3) is 0 Å². The lowest BCUT2D eigenvalue weighted by molar-refractivity contribution is -0.160. The number of aliphatic hydroxyl groups is 1. The molecule has 4 aliphatic rings. The Labute approximate surface area is 215 Å². The van der Waals surface area contributed by atoms with Crippen LogP contribution in [-0.2, 0) is 23.9 Å². The second-order valence-electron chi connectivity index (χ2n) is 9.77. The summed E-state index contributed by atoms with van der Waals surface area (Å²) in [4.78, 5) is 44.6. The highest BCUT2D eigenvalue weighted by Crippen LogP contribution is 2.58. The Hall–Kier alpha value is -2.68. The molecule has 2 amide bonds. The van der Waals surface area contributed by atoms with Gasteiger partial charge in [0.25, 0.3) is 5.91 Å². The summed E-state index contributed by atoms with van der Waals surface area (Å²) in [5.74, 6) is -3.06. The van der Waals surface area contributed by atoms with Crippen LogP contribution in [0, 0.1) is 11.8 Å². The number of anilines is 1. The number of aliphatic hydroxyl groups excluding tert-OH is 1. The van der Waals surface area contributed by atoms with Crippen LogP contribution in [0.3, 0.4) is 0 Å². The van der Waals surface area contributed by atoms with Crippen LogP contribution < -0.4 is 4.90 Å². The minimum atomic E-state index is -1.37. The fourth-order valence-corrected chi connectivity index (χ4v) is 6.36. The summed E-state index contributed by atoms with van der Waals surface area (Å²) in [6.07, 6.45) is 10.4. The lowest BCUT2D eigenvalue weighted by Gasteiger charge is -2.38. The summed E-state index contributed by atoms with van der Waals surface area (Å²) in [7, 11) is 0. The first-order valence-electron chi connectivity index (χ1n) is 12.6. The van der Waals surface area contributed by atoms with Gasteiger partial charge >= 0.3 is 5.97 Å². The average Bonchev–Trinajstić information content (AvgIpc) is 3.22. The number of esters is 1. The number of hydrogen-bond acceptors (Lipinski definition) is 6. The summed E-state index contributed by atoms with van der Waals surface area (Å²) in [6, 6.07) is 5.87. The van der Waals surface area contributed by atoms with E-state index in [0.717, 1.165) is 19.3 Å². The number of β-amino-alcohol motifs (C(OH)–C–C–N with tert-alkyl or cyclic N) is 1. The molecule has 192 valence electrons. The van der Waals surface area contributed by atoms with E-state index in [1.54, 1.807) is 35.2 Å². The lowest BCUT2D eigenvalue weighted by atomic mass is 9.73. The summed E-state index contributed by atoms with van der Waals surface area (Å²) >= 11 is 6.06. The molecule has 5 atom stereocenters. The predicted octanol–water partition coefficient (Wildman–Crippen LogP) is 2.88. The van der Waals surface area contributed by atoms with Gasteiger partial charge in [0, 0.05) is 23.8 Å². The highest BCUT2D eigenvalue weighted by atomic mass is 35.5. The molecule has 4 heterocycles. The smallest absolute Gasteiger partial charge is 0.313 e. The Bertz CT molecular complexity index is 1100.